The zero-order valence-electron chi connectivity index (χ0n) is 10.4. The summed E-state index contributed by atoms with van der Waals surface area (Å²) in [7, 11) is -1.41. The molecule has 0 rings (SSSR count). The molecule has 0 spiro atoms. The molecule has 0 fully saturated rings. The Hall–Kier alpha value is 0.237. The second-order valence-corrected chi connectivity index (χ2v) is 10.2. The Kier molecular flexibility index (Phi) is 8.53. The highest BCUT2D eigenvalue weighted by Crippen LogP contribution is 2.15. The van der Waals surface area contributed by atoms with Crippen LogP contribution in [0, 0.1) is 0 Å². The molecule has 0 aromatic rings. The average molecular weight is 293 g/mol. The van der Waals surface area contributed by atoms with Crippen LogP contribution in [0.1, 0.15) is 38.5 Å². The van der Waals surface area contributed by atoms with Gasteiger partial charge in [0.15, 0.2) is 0 Å². The van der Waals surface area contributed by atoms with E-state index < -0.39 is 8.32 Å². The first kappa shape index (κ1) is 15.2. The van der Waals surface area contributed by atoms with Gasteiger partial charge in [-0.3, -0.25) is 0 Å². The smallest absolute Gasteiger partial charge is 0.241 e. The summed E-state index contributed by atoms with van der Waals surface area (Å²) in [6, 6.07) is 0. The molecule has 0 aromatic carbocycles. The lowest BCUT2D eigenvalue weighted by Gasteiger charge is -2.20. The van der Waals surface area contributed by atoms with Gasteiger partial charge in [-0.25, -0.2) is 0 Å². The van der Waals surface area contributed by atoms with Gasteiger partial charge < -0.3 is 4.43 Å². The third-order valence-electron chi connectivity index (χ3n) is 2.04. The molecule has 0 aromatic heterocycles. The van der Waals surface area contributed by atoms with E-state index in [0.29, 0.717) is 0 Å². The summed E-state index contributed by atoms with van der Waals surface area (Å²) >= 11 is 3.45. The fourth-order valence-electron chi connectivity index (χ4n) is 1.43. The molecule has 0 radical (unpaired) electrons. The predicted octanol–water partition coefficient (Wildman–Crippen LogP) is 5.09. The standard InChI is InChI=1S/C12H25BrOSi/c1-12(14-15(2,3)4)10-8-6-5-7-9-11-13/h1,5-11H2,2-4H3. The van der Waals surface area contributed by atoms with Crippen LogP contribution < -0.4 is 0 Å². The van der Waals surface area contributed by atoms with Gasteiger partial charge in [0, 0.05) is 11.8 Å². The summed E-state index contributed by atoms with van der Waals surface area (Å²) in [5, 5.41) is 1.14. The van der Waals surface area contributed by atoms with Crippen LogP contribution in [0.2, 0.25) is 19.6 Å². The monoisotopic (exact) mass is 292 g/mol. The molecule has 0 bridgehead atoms. The van der Waals surface area contributed by atoms with Gasteiger partial charge in [0.25, 0.3) is 0 Å². The third kappa shape index (κ3) is 12.2. The van der Waals surface area contributed by atoms with Crippen molar-refractivity contribution in [2.75, 3.05) is 5.33 Å². The van der Waals surface area contributed by atoms with Crippen molar-refractivity contribution in [2.45, 2.75) is 58.2 Å². The van der Waals surface area contributed by atoms with Gasteiger partial charge in [0.05, 0.1) is 5.76 Å². The van der Waals surface area contributed by atoms with Crippen molar-refractivity contribution in [2.24, 2.45) is 0 Å². The SMILES string of the molecule is C=C(CCCCCCCBr)O[Si](C)(C)C. The number of hydrogen-bond acceptors (Lipinski definition) is 1. The van der Waals surface area contributed by atoms with Crippen molar-refractivity contribution in [3.8, 4) is 0 Å². The topological polar surface area (TPSA) is 9.23 Å². The van der Waals surface area contributed by atoms with Gasteiger partial charge in [-0.05, 0) is 32.5 Å². The number of alkyl halides is 1. The van der Waals surface area contributed by atoms with Crippen molar-refractivity contribution in [3.05, 3.63) is 12.3 Å². The first-order valence-corrected chi connectivity index (χ1v) is 10.4. The van der Waals surface area contributed by atoms with Crippen LogP contribution in [0.3, 0.4) is 0 Å². The summed E-state index contributed by atoms with van der Waals surface area (Å²) in [6.45, 7) is 10.6. The van der Waals surface area contributed by atoms with Crippen LogP contribution >= 0.6 is 15.9 Å². The van der Waals surface area contributed by atoms with E-state index >= 15 is 0 Å². The third-order valence-corrected chi connectivity index (χ3v) is 3.50. The first-order valence-electron chi connectivity index (χ1n) is 5.88. The molecule has 0 unspecified atom stereocenters. The fraction of sp³-hybridized carbons (Fsp3) is 0.833. The van der Waals surface area contributed by atoms with E-state index in [1.54, 1.807) is 0 Å². The lowest BCUT2D eigenvalue weighted by Crippen LogP contribution is -2.24. The molecule has 3 heteroatoms. The zero-order valence-corrected chi connectivity index (χ0v) is 13.0. The van der Waals surface area contributed by atoms with E-state index in [0.717, 1.165) is 17.5 Å². The van der Waals surface area contributed by atoms with Crippen LogP contribution in [0.5, 0.6) is 0 Å². The molecule has 0 atom stereocenters. The van der Waals surface area contributed by atoms with Crippen molar-refractivity contribution < 1.29 is 4.43 Å². The van der Waals surface area contributed by atoms with Gasteiger partial charge >= 0.3 is 0 Å². The lowest BCUT2D eigenvalue weighted by molar-refractivity contribution is 0.394. The number of allylic oxidation sites excluding steroid dienone is 1. The molecule has 1 nitrogen and oxygen atoms in total. The molecule has 0 aliphatic carbocycles. The number of hydrogen-bond donors (Lipinski definition) is 0. The Morgan fingerprint density at radius 3 is 2.13 bits per heavy atom. The molecule has 0 amide bonds. The van der Waals surface area contributed by atoms with Gasteiger partial charge in [-0.1, -0.05) is 41.8 Å². The maximum Gasteiger partial charge on any atom is 0.241 e. The van der Waals surface area contributed by atoms with Crippen LogP contribution in [-0.4, -0.2) is 13.6 Å². The highest BCUT2D eigenvalue weighted by atomic mass is 79.9. The fourth-order valence-corrected chi connectivity index (χ4v) is 2.80. The van der Waals surface area contributed by atoms with E-state index in [4.69, 9.17) is 4.43 Å². The number of unbranched alkanes of at least 4 members (excludes halogenated alkanes) is 4. The predicted molar refractivity (Wildman–Crippen MR) is 75.1 cm³/mol. The Balaban J connectivity index is 3.32. The summed E-state index contributed by atoms with van der Waals surface area (Å²) < 4.78 is 5.80. The maximum absolute atomic E-state index is 5.80. The second-order valence-electron chi connectivity index (χ2n) is 4.96. The molecule has 0 heterocycles. The van der Waals surface area contributed by atoms with E-state index in [-0.39, 0.29) is 0 Å². The van der Waals surface area contributed by atoms with Gasteiger partial charge in [0.2, 0.25) is 8.32 Å². The van der Waals surface area contributed by atoms with Crippen molar-refractivity contribution in [3.63, 3.8) is 0 Å². The van der Waals surface area contributed by atoms with Crippen molar-refractivity contribution in [1.82, 2.24) is 0 Å². The number of halogens is 1. The highest BCUT2D eigenvalue weighted by Gasteiger charge is 2.16. The molecule has 0 N–H and O–H groups in total. The molecule has 15 heavy (non-hydrogen) atoms. The van der Waals surface area contributed by atoms with Crippen LogP contribution in [0.15, 0.2) is 12.3 Å². The largest absolute Gasteiger partial charge is 0.548 e. The molecule has 0 saturated carbocycles. The van der Waals surface area contributed by atoms with Crippen LogP contribution in [0.4, 0.5) is 0 Å². The summed E-state index contributed by atoms with van der Waals surface area (Å²) in [5.74, 6) is 0.995. The minimum Gasteiger partial charge on any atom is -0.548 e. The molecular formula is C12H25BrOSi. The quantitative estimate of drug-likeness (QED) is 0.249. The molecule has 0 saturated heterocycles. The highest BCUT2D eigenvalue weighted by molar-refractivity contribution is 9.09. The summed E-state index contributed by atoms with van der Waals surface area (Å²) in [6.07, 6.45) is 7.55. The zero-order chi connectivity index (χ0) is 11.7. The van der Waals surface area contributed by atoms with E-state index in [2.05, 4.69) is 42.1 Å². The van der Waals surface area contributed by atoms with Gasteiger partial charge in [-0.15, -0.1) is 0 Å². The van der Waals surface area contributed by atoms with Crippen molar-refractivity contribution >= 4 is 24.2 Å². The molecule has 90 valence electrons. The van der Waals surface area contributed by atoms with Crippen LogP contribution in [0.25, 0.3) is 0 Å². The minimum atomic E-state index is -1.41. The average Bonchev–Trinajstić information content (AvgIpc) is 2.08. The van der Waals surface area contributed by atoms with Crippen LogP contribution in [-0.2, 0) is 4.43 Å². The molecule has 0 aliphatic heterocycles. The summed E-state index contributed by atoms with van der Waals surface area (Å²) in [4.78, 5) is 0. The Labute approximate surface area is 105 Å². The lowest BCUT2D eigenvalue weighted by atomic mass is 10.1. The first-order chi connectivity index (χ1) is 6.95. The summed E-state index contributed by atoms with van der Waals surface area (Å²) in [5.41, 5.74) is 0. The van der Waals surface area contributed by atoms with Gasteiger partial charge in [-0.2, -0.15) is 0 Å². The minimum absolute atomic E-state index is 0.995. The van der Waals surface area contributed by atoms with Crippen molar-refractivity contribution in [1.29, 1.82) is 0 Å². The Morgan fingerprint density at radius 2 is 1.60 bits per heavy atom. The molecule has 0 aliphatic rings. The maximum atomic E-state index is 5.80. The Bertz CT molecular complexity index is 175. The van der Waals surface area contributed by atoms with E-state index in [1.807, 2.05) is 0 Å². The van der Waals surface area contributed by atoms with Gasteiger partial charge in [0.1, 0.15) is 0 Å². The second kappa shape index (κ2) is 8.40. The van der Waals surface area contributed by atoms with E-state index in [9.17, 15) is 0 Å². The number of rotatable bonds is 9. The normalized spacial score (nSPS) is 11.5. The Morgan fingerprint density at radius 1 is 1.07 bits per heavy atom. The van der Waals surface area contributed by atoms with E-state index in [1.165, 1.54) is 32.1 Å². The molecular weight excluding hydrogens is 268 g/mol.